The molecule has 1 atom stereocenters. The summed E-state index contributed by atoms with van der Waals surface area (Å²) in [5.74, 6) is -4.24. The lowest BCUT2D eigenvalue weighted by Gasteiger charge is -2.17. The largest absolute Gasteiger partial charge is 0.508 e. The van der Waals surface area contributed by atoms with Crippen LogP contribution in [0.4, 0.5) is 23.2 Å². The van der Waals surface area contributed by atoms with E-state index >= 15 is 0 Å². The van der Waals surface area contributed by atoms with Crippen LogP contribution in [0.15, 0.2) is 30.3 Å². The second kappa shape index (κ2) is 5.40. The Kier molecular flexibility index (Phi) is 3.83. The number of hydrogen-bond acceptors (Lipinski definition) is 2. The Morgan fingerprint density at radius 2 is 1.60 bits per heavy atom. The van der Waals surface area contributed by atoms with Crippen molar-refractivity contribution in [1.82, 2.24) is 0 Å². The van der Waals surface area contributed by atoms with Gasteiger partial charge in [0.2, 0.25) is 0 Å². The summed E-state index contributed by atoms with van der Waals surface area (Å²) in [6.07, 6.45) is 0. The lowest BCUT2D eigenvalue weighted by molar-refractivity contribution is 0.462. The SMILES string of the molecule is CC(Nc1cc(F)c(F)cc1F)c1cc(F)ccc1O. The molecular weight excluding hydrogens is 274 g/mol. The van der Waals surface area contributed by atoms with Crippen LogP contribution in [0.2, 0.25) is 0 Å². The minimum atomic E-state index is -1.30. The van der Waals surface area contributed by atoms with Crippen LogP contribution in [0.1, 0.15) is 18.5 Å². The number of anilines is 1. The van der Waals surface area contributed by atoms with E-state index in [4.69, 9.17) is 0 Å². The summed E-state index contributed by atoms with van der Waals surface area (Å²) < 4.78 is 52.5. The van der Waals surface area contributed by atoms with Crippen molar-refractivity contribution in [3.63, 3.8) is 0 Å². The van der Waals surface area contributed by atoms with Crippen LogP contribution in [0.5, 0.6) is 5.75 Å². The number of nitrogens with one attached hydrogen (secondary N) is 1. The molecule has 0 heterocycles. The van der Waals surface area contributed by atoms with Crippen LogP contribution in [-0.2, 0) is 0 Å². The first-order valence-electron chi connectivity index (χ1n) is 5.78. The molecule has 6 heteroatoms. The fourth-order valence-corrected chi connectivity index (χ4v) is 1.82. The first-order chi connectivity index (χ1) is 9.38. The first kappa shape index (κ1) is 14.2. The zero-order chi connectivity index (χ0) is 14.9. The Hall–Kier alpha value is -2.24. The van der Waals surface area contributed by atoms with E-state index in [9.17, 15) is 22.7 Å². The van der Waals surface area contributed by atoms with Crippen molar-refractivity contribution in [2.45, 2.75) is 13.0 Å². The van der Waals surface area contributed by atoms with Crippen LogP contribution in [0, 0.1) is 23.3 Å². The average molecular weight is 285 g/mol. The van der Waals surface area contributed by atoms with Gasteiger partial charge in [0.25, 0.3) is 0 Å². The molecule has 0 aliphatic carbocycles. The molecule has 0 amide bonds. The molecule has 0 aliphatic heterocycles. The molecule has 0 spiro atoms. The van der Waals surface area contributed by atoms with Crippen molar-refractivity contribution in [3.05, 3.63) is 59.2 Å². The highest BCUT2D eigenvalue weighted by Crippen LogP contribution is 2.29. The predicted octanol–water partition coefficient (Wildman–Crippen LogP) is 4.12. The van der Waals surface area contributed by atoms with Gasteiger partial charge < -0.3 is 10.4 Å². The van der Waals surface area contributed by atoms with E-state index in [0.717, 1.165) is 18.2 Å². The highest BCUT2D eigenvalue weighted by molar-refractivity contribution is 5.49. The monoisotopic (exact) mass is 285 g/mol. The topological polar surface area (TPSA) is 32.3 Å². The Balaban J connectivity index is 2.30. The molecule has 2 aromatic rings. The van der Waals surface area contributed by atoms with Gasteiger partial charge in [0.05, 0.1) is 11.7 Å². The lowest BCUT2D eigenvalue weighted by Crippen LogP contribution is -2.09. The summed E-state index contributed by atoms with van der Waals surface area (Å²) in [4.78, 5) is 0. The normalized spacial score (nSPS) is 12.2. The second-order valence-corrected chi connectivity index (χ2v) is 4.32. The van der Waals surface area contributed by atoms with Crippen molar-refractivity contribution in [2.24, 2.45) is 0 Å². The predicted molar refractivity (Wildman–Crippen MR) is 66.4 cm³/mol. The molecule has 20 heavy (non-hydrogen) atoms. The van der Waals surface area contributed by atoms with Crippen molar-refractivity contribution in [2.75, 3.05) is 5.32 Å². The Morgan fingerprint density at radius 3 is 2.30 bits per heavy atom. The number of halogens is 4. The molecule has 1 unspecified atom stereocenters. The minimum Gasteiger partial charge on any atom is -0.508 e. The molecule has 0 aromatic heterocycles. The van der Waals surface area contributed by atoms with E-state index in [-0.39, 0.29) is 17.0 Å². The molecule has 2 nitrogen and oxygen atoms in total. The molecule has 2 N–H and O–H groups in total. The van der Waals surface area contributed by atoms with Gasteiger partial charge in [-0.3, -0.25) is 0 Å². The maximum atomic E-state index is 13.5. The van der Waals surface area contributed by atoms with Gasteiger partial charge in [-0.15, -0.1) is 0 Å². The molecule has 0 aliphatic rings. The highest BCUT2D eigenvalue weighted by atomic mass is 19.2. The fraction of sp³-hybridized carbons (Fsp3) is 0.143. The maximum absolute atomic E-state index is 13.5. The van der Waals surface area contributed by atoms with Gasteiger partial charge in [-0.05, 0) is 25.1 Å². The molecular formula is C14H11F4NO. The fourth-order valence-electron chi connectivity index (χ4n) is 1.82. The average Bonchev–Trinajstić information content (AvgIpc) is 2.38. The van der Waals surface area contributed by atoms with Gasteiger partial charge >= 0.3 is 0 Å². The molecule has 0 saturated carbocycles. The highest BCUT2D eigenvalue weighted by Gasteiger charge is 2.15. The Bertz CT molecular complexity index is 645. The molecule has 106 valence electrons. The number of phenols is 1. The molecule has 2 rings (SSSR count). The third kappa shape index (κ3) is 2.84. The smallest absolute Gasteiger partial charge is 0.161 e. The molecule has 2 aromatic carbocycles. The van der Waals surface area contributed by atoms with Crippen molar-refractivity contribution in [1.29, 1.82) is 0 Å². The molecule has 0 fully saturated rings. The molecule has 0 saturated heterocycles. The van der Waals surface area contributed by atoms with E-state index in [1.54, 1.807) is 0 Å². The Morgan fingerprint density at radius 1 is 0.950 bits per heavy atom. The van der Waals surface area contributed by atoms with Gasteiger partial charge in [-0.2, -0.15) is 0 Å². The van der Waals surface area contributed by atoms with Gasteiger partial charge in [0, 0.05) is 17.7 Å². The number of phenolic OH excluding ortho intramolecular Hbond substituents is 1. The molecule has 0 bridgehead atoms. The van der Waals surface area contributed by atoms with Crippen molar-refractivity contribution in [3.8, 4) is 5.75 Å². The third-order valence-corrected chi connectivity index (χ3v) is 2.84. The number of aromatic hydroxyl groups is 1. The first-order valence-corrected chi connectivity index (χ1v) is 5.78. The van der Waals surface area contributed by atoms with E-state index < -0.39 is 29.3 Å². The molecule has 0 radical (unpaired) electrons. The van der Waals surface area contributed by atoms with E-state index in [0.29, 0.717) is 12.1 Å². The number of benzene rings is 2. The van der Waals surface area contributed by atoms with Crippen LogP contribution >= 0.6 is 0 Å². The number of hydrogen-bond donors (Lipinski definition) is 2. The summed E-state index contributed by atoms with van der Waals surface area (Å²) >= 11 is 0. The maximum Gasteiger partial charge on any atom is 0.161 e. The van der Waals surface area contributed by atoms with Crippen LogP contribution in [-0.4, -0.2) is 5.11 Å². The van der Waals surface area contributed by atoms with E-state index in [2.05, 4.69) is 5.32 Å². The van der Waals surface area contributed by atoms with Gasteiger partial charge in [0.15, 0.2) is 11.6 Å². The summed E-state index contributed by atoms with van der Waals surface area (Å²) in [5, 5.41) is 12.2. The summed E-state index contributed by atoms with van der Waals surface area (Å²) in [6, 6.07) is 3.68. The summed E-state index contributed by atoms with van der Waals surface area (Å²) in [6.45, 7) is 1.52. The van der Waals surface area contributed by atoms with Crippen LogP contribution < -0.4 is 5.32 Å². The van der Waals surface area contributed by atoms with Gasteiger partial charge in [0.1, 0.15) is 17.4 Å². The van der Waals surface area contributed by atoms with E-state index in [1.165, 1.54) is 6.92 Å². The van der Waals surface area contributed by atoms with Crippen LogP contribution in [0.25, 0.3) is 0 Å². The van der Waals surface area contributed by atoms with E-state index in [1.807, 2.05) is 0 Å². The van der Waals surface area contributed by atoms with Crippen molar-refractivity contribution >= 4 is 5.69 Å². The summed E-state index contributed by atoms with van der Waals surface area (Å²) in [7, 11) is 0. The van der Waals surface area contributed by atoms with Gasteiger partial charge in [-0.25, -0.2) is 17.6 Å². The minimum absolute atomic E-state index is 0.175. The zero-order valence-corrected chi connectivity index (χ0v) is 10.4. The lowest BCUT2D eigenvalue weighted by atomic mass is 10.1. The van der Waals surface area contributed by atoms with Gasteiger partial charge in [-0.1, -0.05) is 0 Å². The third-order valence-electron chi connectivity index (χ3n) is 2.84. The standard InChI is InChI=1S/C14H11F4NO/c1-7(9-4-8(15)2-3-14(9)20)19-13-6-11(17)10(16)5-12(13)18/h2-7,19-20H,1H3. The van der Waals surface area contributed by atoms with Crippen LogP contribution in [0.3, 0.4) is 0 Å². The quantitative estimate of drug-likeness (QED) is 0.656. The second-order valence-electron chi connectivity index (χ2n) is 4.32. The summed E-state index contributed by atoms with van der Waals surface area (Å²) in [5.41, 5.74) is -0.103. The number of rotatable bonds is 3. The Labute approximate surface area is 112 Å². The zero-order valence-electron chi connectivity index (χ0n) is 10.4. The van der Waals surface area contributed by atoms with Crippen molar-refractivity contribution < 1.29 is 22.7 Å².